The van der Waals surface area contributed by atoms with Crippen LogP contribution in [0.3, 0.4) is 0 Å². The average Bonchev–Trinajstić information content (AvgIpc) is 2.44. The maximum absolute atomic E-state index is 11.9. The van der Waals surface area contributed by atoms with Crippen LogP contribution in [0.1, 0.15) is 31.7 Å². The molecule has 0 saturated heterocycles. The zero-order chi connectivity index (χ0) is 14.7. The molecule has 0 amide bonds. The van der Waals surface area contributed by atoms with E-state index in [1.54, 1.807) is 7.05 Å². The number of aromatic nitrogens is 3. The molecule has 2 heterocycles. The molecule has 2 aromatic rings. The maximum atomic E-state index is 11.9. The molecule has 0 bridgehead atoms. The minimum absolute atomic E-state index is 0.248. The lowest BCUT2D eigenvalue weighted by Crippen LogP contribution is -2.22. The van der Waals surface area contributed by atoms with Crippen LogP contribution in [-0.4, -0.2) is 14.8 Å². The molecule has 2 rings (SSSR count). The minimum Gasteiger partial charge on any atom is -0.336 e. The Labute approximate surface area is 122 Å². The number of rotatable bonds is 4. The van der Waals surface area contributed by atoms with Gasteiger partial charge in [-0.3, -0.25) is 4.79 Å². The SMILES string of the molecule is CCC(C)c1ccc(Nc2cc(Cl)nn(C)c2=O)nc1. The van der Waals surface area contributed by atoms with Crippen molar-refractivity contribution in [3.8, 4) is 0 Å². The Balaban J connectivity index is 2.25. The molecule has 0 saturated carbocycles. The molecule has 0 aliphatic carbocycles. The highest BCUT2D eigenvalue weighted by Gasteiger charge is 2.07. The number of hydrogen-bond acceptors (Lipinski definition) is 4. The van der Waals surface area contributed by atoms with Gasteiger partial charge in [-0.05, 0) is 24.0 Å². The molecule has 0 radical (unpaired) electrons. The van der Waals surface area contributed by atoms with Crippen molar-refractivity contribution in [2.24, 2.45) is 7.05 Å². The van der Waals surface area contributed by atoms with Crippen molar-refractivity contribution in [3.05, 3.63) is 45.5 Å². The fourth-order valence-electron chi connectivity index (χ4n) is 1.81. The number of pyridine rings is 1. The molecule has 1 unspecified atom stereocenters. The van der Waals surface area contributed by atoms with E-state index >= 15 is 0 Å². The van der Waals surface area contributed by atoms with Crippen LogP contribution >= 0.6 is 11.6 Å². The second-order valence-electron chi connectivity index (χ2n) is 4.72. The fourth-order valence-corrected chi connectivity index (χ4v) is 2.03. The zero-order valence-corrected chi connectivity index (χ0v) is 12.5. The van der Waals surface area contributed by atoms with Gasteiger partial charge < -0.3 is 5.32 Å². The van der Waals surface area contributed by atoms with Crippen LogP contribution in [-0.2, 0) is 7.05 Å². The summed E-state index contributed by atoms with van der Waals surface area (Å²) in [6.07, 6.45) is 2.89. The molecule has 0 aromatic carbocycles. The van der Waals surface area contributed by atoms with E-state index in [0.717, 1.165) is 6.42 Å². The van der Waals surface area contributed by atoms with E-state index in [4.69, 9.17) is 11.6 Å². The van der Waals surface area contributed by atoms with Crippen LogP contribution in [0, 0.1) is 0 Å². The number of anilines is 2. The molecule has 2 aromatic heterocycles. The lowest BCUT2D eigenvalue weighted by Gasteiger charge is -2.10. The van der Waals surface area contributed by atoms with Crippen LogP contribution in [0.2, 0.25) is 5.15 Å². The van der Waals surface area contributed by atoms with E-state index < -0.39 is 0 Å². The van der Waals surface area contributed by atoms with Crippen LogP contribution < -0.4 is 10.9 Å². The highest BCUT2D eigenvalue weighted by atomic mass is 35.5. The quantitative estimate of drug-likeness (QED) is 0.941. The molecule has 20 heavy (non-hydrogen) atoms. The molecule has 5 nitrogen and oxygen atoms in total. The highest BCUT2D eigenvalue weighted by Crippen LogP contribution is 2.20. The van der Waals surface area contributed by atoms with Gasteiger partial charge in [0.25, 0.3) is 5.56 Å². The summed E-state index contributed by atoms with van der Waals surface area (Å²) < 4.78 is 1.19. The molecule has 1 N–H and O–H groups in total. The normalized spacial score (nSPS) is 12.2. The summed E-state index contributed by atoms with van der Waals surface area (Å²) in [5.41, 5.74) is 1.29. The predicted octanol–water partition coefficient (Wildman–Crippen LogP) is 3.09. The van der Waals surface area contributed by atoms with Crippen molar-refractivity contribution in [1.82, 2.24) is 14.8 Å². The van der Waals surface area contributed by atoms with Crippen LogP contribution in [0.4, 0.5) is 11.5 Å². The summed E-state index contributed by atoms with van der Waals surface area (Å²) in [6.45, 7) is 4.29. The van der Waals surface area contributed by atoms with Crippen LogP contribution in [0.25, 0.3) is 0 Å². The second kappa shape index (κ2) is 6.05. The second-order valence-corrected chi connectivity index (χ2v) is 5.11. The van der Waals surface area contributed by atoms with Gasteiger partial charge in [0.1, 0.15) is 11.5 Å². The summed E-state index contributed by atoms with van der Waals surface area (Å²) >= 11 is 5.84. The lowest BCUT2D eigenvalue weighted by molar-refractivity contribution is 0.710. The maximum Gasteiger partial charge on any atom is 0.290 e. The Morgan fingerprint density at radius 2 is 2.20 bits per heavy atom. The van der Waals surface area contributed by atoms with Crippen molar-refractivity contribution in [3.63, 3.8) is 0 Å². The Morgan fingerprint density at radius 1 is 1.45 bits per heavy atom. The number of halogens is 1. The van der Waals surface area contributed by atoms with Gasteiger partial charge in [-0.25, -0.2) is 9.67 Å². The predicted molar refractivity (Wildman–Crippen MR) is 80.7 cm³/mol. The van der Waals surface area contributed by atoms with Gasteiger partial charge in [0, 0.05) is 19.3 Å². The molecule has 6 heteroatoms. The average molecular weight is 293 g/mol. The van der Waals surface area contributed by atoms with Gasteiger partial charge >= 0.3 is 0 Å². The van der Waals surface area contributed by atoms with Crippen molar-refractivity contribution in [1.29, 1.82) is 0 Å². The van der Waals surface area contributed by atoms with Gasteiger partial charge in [-0.2, -0.15) is 5.10 Å². The summed E-state index contributed by atoms with van der Waals surface area (Å²) in [5, 5.41) is 7.06. The molecular formula is C14H17ClN4O. The lowest BCUT2D eigenvalue weighted by atomic mass is 10.0. The van der Waals surface area contributed by atoms with E-state index in [2.05, 4.69) is 29.2 Å². The minimum atomic E-state index is -0.248. The van der Waals surface area contributed by atoms with Gasteiger partial charge in [0.15, 0.2) is 5.15 Å². The molecule has 0 aliphatic heterocycles. The monoisotopic (exact) mass is 292 g/mol. The standard InChI is InChI=1S/C14H17ClN4O/c1-4-9(2)10-5-6-13(16-8-10)17-11-7-12(15)18-19(3)14(11)20/h5-9H,4H2,1-3H3,(H,16,17). The smallest absolute Gasteiger partial charge is 0.290 e. The van der Waals surface area contributed by atoms with E-state index in [0.29, 0.717) is 17.4 Å². The van der Waals surface area contributed by atoms with Gasteiger partial charge in [-0.1, -0.05) is 31.5 Å². The summed E-state index contributed by atoms with van der Waals surface area (Å²) in [6, 6.07) is 5.36. The molecule has 0 fully saturated rings. The molecule has 0 aliphatic rings. The number of hydrogen-bond donors (Lipinski definition) is 1. The van der Waals surface area contributed by atoms with Gasteiger partial charge in [-0.15, -0.1) is 0 Å². The first-order valence-electron chi connectivity index (χ1n) is 6.48. The van der Waals surface area contributed by atoms with Crippen molar-refractivity contribution >= 4 is 23.1 Å². The Bertz CT molecular complexity index is 651. The van der Waals surface area contributed by atoms with Crippen LogP contribution in [0.15, 0.2) is 29.2 Å². The Morgan fingerprint density at radius 3 is 2.80 bits per heavy atom. The molecule has 0 spiro atoms. The molecule has 1 atom stereocenters. The van der Waals surface area contributed by atoms with E-state index in [-0.39, 0.29) is 10.7 Å². The Hall–Kier alpha value is -1.88. The summed E-state index contributed by atoms with van der Waals surface area (Å²) in [7, 11) is 1.55. The van der Waals surface area contributed by atoms with E-state index in [9.17, 15) is 4.79 Å². The van der Waals surface area contributed by atoms with Crippen molar-refractivity contribution in [2.45, 2.75) is 26.2 Å². The van der Waals surface area contributed by atoms with E-state index in [1.807, 2.05) is 18.3 Å². The fraction of sp³-hybridized carbons (Fsp3) is 0.357. The first-order chi connectivity index (χ1) is 9.51. The Kier molecular flexibility index (Phi) is 4.39. The summed E-state index contributed by atoms with van der Waals surface area (Å²) in [5.74, 6) is 1.08. The third kappa shape index (κ3) is 3.17. The molecular weight excluding hydrogens is 276 g/mol. The van der Waals surface area contributed by atoms with Crippen molar-refractivity contribution < 1.29 is 0 Å². The third-order valence-corrected chi connectivity index (χ3v) is 3.45. The number of nitrogens with zero attached hydrogens (tertiary/aromatic N) is 3. The largest absolute Gasteiger partial charge is 0.336 e. The summed E-state index contributed by atoms with van der Waals surface area (Å²) in [4.78, 5) is 16.2. The first-order valence-corrected chi connectivity index (χ1v) is 6.86. The number of nitrogens with one attached hydrogen (secondary N) is 1. The topological polar surface area (TPSA) is 59.8 Å². The first kappa shape index (κ1) is 14.5. The highest BCUT2D eigenvalue weighted by molar-refractivity contribution is 6.29. The number of aryl methyl sites for hydroxylation is 1. The zero-order valence-electron chi connectivity index (χ0n) is 11.7. The van der Waals surface area contributed by atoms with Gasteiger partial charge in [0.05, 0.1) is 0 Å². The van der Waals surface area contributed by atoms with Gasteiger partial charge in [0.2, 0.25) is 0 Å². The van der Waals surface area contributed by atoms with Crippen LogP contribution in [0.5, 0.6) is 0 Å². The van der Waals surface area contributed by atoms with E-state index in [1.165, 1.54) is 16.3 Å². The van der Waals surface area contributed by atoms with Crippen molar-refractivity contribution in [2.75, 3.05) is 5.32 Å². The molecule has 106 valence electrons. The third-order valence-electron chi connectivity index (χ3n) is 3.26.